The van der Waals surface area contributed by atoms with E-state index in [2.05, 4.69) is 19.2 Å². The molecule has 6 heteroatoms. The van der Waals surface area contributed by atoms with Gasteiger partial charge in [0.25, 0.3) is 5.91 Å². The summed E-state index contributed by atoms with van der Waals surface area (Å²) in [6.07, 6.45) is 0.863. The molecule has 0 fully saturated rings. The molecule has 2 rings (SSSR count). The maximum absolute atomic E-state index is 13.2. The van der Waals surface area contributed by atoms with E-state index in [0.29, 0.717) is 22.8 Å². The van der Waals surface area contributed by atoms with Gasteiger partial charge in [0.2, 0.25) is 5.91 Å². The molecular weight excluding hydrogens is 410 g/mol. The van der Waals surface area contributed by atoms with E-state index in [-0.39, 0.29) is 17.9 Å². The highest BCUT2D eigenvalue weighted by molar-refractivity contribution is 6.34. The molecule has 1 N–H and O–H groups in total. The minimum atomic E-state index is -0.475. The van der Waals surface area contributed by atoms with E-state index in [9.17, 15) is 9.59 Å². The number of nitrogens with one attached hydrogen (secondary N) is 1. The molecule has 0 saturated carbocycles. The van der Waals surface area contributed by atoms with Crippen molar-refractivity contribution < 1.29 is 9.59 Å². The molecule has 168 valence electrons. The van der Waals surface area contributed by atoms with Crippen LogP contribution in [0.25, 0.3) is 0 Å². The highest BCUT2D eigenvalue weighted by atomic mass is 35.5. The van der Waals surface area contributed by atoms with Crippen LogP contribution < -0.4 is 10.2 Å². The van der Waals surface area contributed by atoms with Gasteiger partial charge in [-0.05, 0) is 49.2 Å². The van der Waals surface area contributed by atoms with Gasteiger partial charge in [-0.15, -0.1) is 0 Å². The number of halogens is 1. The lowest BCUT2D eigenvalue weighted by Crippen LogP contribution is -2.44. The fraction of sp³-hybridized carbons (Fsp3) is 0.440. The van der Waals surface area contributed by atoms with Crippen molar-refractivity contribution >= 4 is 34.8 Å². The van der Waals surface area contributed by atoms with Gasteiger partial charge in [-0.3, -0.25) is 9.59 Å². The van der Waals surface area contributed by atoms with Crippen LogP contribution in [0.5, 0.6) is 0 Å². The van der Waals surface area contributed by atoms with Crippen molar-refractivity contribution in [2.45, 2.75) is 53.6 Å². The Kier molecular flexibility index (Phi) is 8.13. The fourth-order valence-corrected chi connectivity index (χ4v) is 3.55. The summed E-state index contributed by atoms with van der Waals surface area (Å²) in [7, 11) is 3.94. The first-order chi connectivity index (χ1) is 14.5. The molecule has 1 unspecified atom stereocenters. The third-order valence-electron chi connectivity index (χ3n) is 5.30. The van der Waals surface area contributed by atoms with Crippen LogP contribution in [0, 0.1) is 5.41 Å². The Morgan fingerprint density at radius 1 is 1.10 bits per heavy atom. The zero-order valence-electron chi connectivity index (χ0n) is 19.6. The number of hydrogen-bond donors (Lipinski definition) is 1. The van der Waals surface area contributed by atoms with E-state index in [4.69, 9.17) is 11.6 Å². The van der Waals surface area contributed by atoms with Crippen molar-refractivity contribution in [3.8, 4) is 0 Å². The molecule has 0 heterocycles. The highest BCUT2D eigenvalue weighted by Gasteiger charge is 2.30. The quantitative estimate of drug-likeness (QED) is 0.585. The molecule has 2 amide bonds. The molecule has 0 aliphatic heterocycles. The van der Waals surface area contributed by atoms with Crippen LogP contribution in [0.4, 0.5) is 11.4 Å². The summed E-state index contributed by atoms with van der Waals surface area (Å²) in [5, 5.41) is 3.34. The second-order valence-electron chi connectivity index (χ2n) is 9.11. The summed E-state index contributed by atoms with van der Waals surface area (Å²) in [4.78, 5) is 29.8. The first-order valence-electron chi connectivity index (χ1n) is 10.6. The van der Waals surface area contributed by atoms with Crippen LogP contribution in [0.2, 0.25) is 5.02 Å². The van der Waals surface area contributed by atoms with Crippen LogP contribution in [-0.4, -0.2) is 36.9 Å². The second kappa shape index (κ2) is 10.2. The zero-order chi connectivity index (χ0) is 23.3. The van der Waals surface area contributed by atoms with Gasteiger partial charge in [0.1, 0.15) is 0 Å². The Morgan fingerprint density at radius 3 is 2.29 bits per heavy atom. The number of nitrogens with zero attached hydrogens (tertiary/aromatic N) is 2. The summed E-state index contributed by atoms with van der Waals surface area (Å²) in [5.74, 6) is -0.157. The van der Waals surface area contributed by atoms with E-state index in [1.807, 2.05) is 62.9 Å². The monoisotopic (exact) mass is 443 g/mol. The van der Waals surface area contributed by atoms with E-state index in [1.54, 1.807) is 24.3 Å². The Labute approximate surface area is 191 Å². The van der Waals surface area contributed by atoms with Crippen molar-refractivity contribution in [1.29, 1.82) is 0 Å². The molecule has 0 aliphatic carbocycles. The molecule has 5 nitrogen and oxygen atoms in total. The molecular formula is C25H34ClN3O2. The van der Waals surface area contributed by atoms with Crippen molar-refractivity contribution in [3.63, 3.8) is 0 Å². The molecule has 31 heavy (non-hydrogen) atoms. The average Bonchev–Trinajstić information content (AvgIpc) is 2.70. The lowest BCUT2D eigenvalue weighted by atomic mass is 9.93. The molecule has 0 spiro atoms. The second-order valence-corrected chi connectivity index (χ2v) is 9.52. The Morgan fingerprint density at radius 2 is 1.74 bits per heavy atom. The van der Waals surface area contributed by atoms with E-state index < -0.39 is 5.41 Å². The van der Waals surface area contributed by atoms with Gasteiger partial charge in [0.15, 0.2) is 0 Å². The molecule has 0 bridgehead atoms. The van der Waals surface area contributed by atoms with Crippen LogP contribution in [-0.2, 0) is 11.3 Å². The van der Waals surface area contributed by atoms with E-state index >= 15 is 0 Å². The van der Waals surface area contributed by atoms with Crippen LogP contribution in [0.1, 0.15) is 57.0 Å². The molecule has 2 aromatic rings. The lowest BCUT2D eigenvalue weighted by molar-refractivity contribution is -0.142. The van der Waals surface area contributed by atoms with Gasteiger partial charge in [-0.1, -0.05) is 51.4 Å². The van der Waals surface area contributed by atoms with E-state index in [1.165, 1.54) is 0 Å². The van der Waals surface area contributed by atoms with Gasteiger partial charge >= 0.3 is 0 Å². The smallest absolute Gasteiger partial charge is 0.257 e. The summed E-state index contributed by atoms with van der Waals surface area (Å²) in [6.45, 7) is 10.4. The van der Waals surface area contributed by atoms with Crippen LogP contribution in [0.3, 0.4) is 0 Å². The van der Waals surface area contributed by atoms with Gasteiger partial charge in [-0.25, -0.2) is 0 Å². The zero-order valence-corrected chi connectivity index (χ0v) is 20.4. The predicted molar refractivity (Wildman–Crippen MR) is 130 cm³/mol. The van der Waals surface area contributed by atoms with E-state index in [0.717, 1.165) is 17.7 Å². The van der Waals surface area contributed by atoms with Crippen molar-refractivity contribution in [3.05, 3.63) is 58.6 Å². The molecule has 0 aliphatic rings. The summed E-state index contributed by atoms with van der Waals surface area (Å²) in [5.41, 5.74) is 2.59. The van der Waals surface area contributed by atoms with Gasteiger partial charge in [-0.2, -0.15) is 0 Å². The van der Waals surface area contributed by atoms with Crippen LogP contribution in [0.15, 0.2) is 42.5 Å². The number of amides is 2. The summed E-state index contributed by atoms with van der Waals surface area (Å²) < 4.78 is 0. The van der Waals surface area contributed by atoms with Gasteiger partial charge < -0.3 is 15.1 Å². The first-order valence-corrected chi connectivity index (χ1v) is 11.0. The largest absolute Gasteiger partial charge is 0.377 e. The third-order valence-corrected chi connectivity index (χ3v) is 5.63. The molecule has 2 aromatic carbocycles. The Balaban J connectivity index is 2.39. The number of carbonyl (C=O) groups is 2. The normalized spacial score (nSPS) is 12.3. The van der Waals surface area contributed by atoms with Gasteiger partial charge in [0.05, 0.1) is 10.6 Å². The maximum Gasteiger partial charge on any atom is 0.257 e. The number of carbonyl (C=O) groups excluding carboxylic acids is 2. The highest BCUT2D eigenvalue weighted by Crippen LogP contribution is 2.29. The van der Waals surface area contributed by atoms with Gasteiger partial charge in [0, 0.05) is 43.5 Å². The molecule has 1 atom stereocenters. The standard InChI is InChI=1S/C25H34ClN3O2/c1-8-17(2)29(24(31)25(3,4)5)16-18-15-19(13-14-22(18)28(6)7)27-23(30)20-11-9-10-12-21(20)26/h9-15,17H,8,16H2,1-7H3,(H,27,30). The lowest BCUT2D eigenvalue weighted by Gasteiger charge is -2.35. The minimum Gasteiger partial charge on any atom is -0.377 e. The van der Waals surface area contributed by atoms with Crippen LogP contribution >= 0.6 is 11.6 Å². The fourth-order valence-electron chi connectivity index (χ4n) is 3.33. The van der Waals surface area contributed by atoms with Crippen molar-refractivity contribution in [2.75, 3.05) is 24.3 Å². The Hall–Kier alpha value is -2.53. The first kappa shape index (κ1) is 24.7. The number of anilines is 2. The molecule has 0 saturated heterocycles. The van der Waals surface area contributed by atoms with Crippen molar-refractivity contribution in [2.24, 2.45) is 5.41 Å². The molecule has 0 radical (unpaired) electrons. The number of hydrogen-bond acceptors (Lipinski definition) is 3. The minimum absolute atomic E-state index is 0.100. The Bertz CT molecular complexity index is 935. The maximum atomic E-state index is 13.2. The summed E-state index contributed by atoms with van der Waals surface area (Å²) >= 11 is 6.17. The number of benzene rings is 2. The molecule has 0 aromatic heterocycles. The average molecular weight is 444 g/mol. The third kappa shape index (κ3) is 6.23. The summed E-state index contributed by atoms with van der Waals surface area (Å²) in [6, 6.07) is 12.8. The SMILES string of the molecule is CCC(C)N(Cc1cc(NC(=O)c2ccccc2Cl)ccc1N(C)C)C(=O)C(C)(C)C. The van der Waals surface area contributed by atoms with Crippen molar-refractivity contribution in [1.82, 2.24) is 4.90 Å². The number of rotatable bonds is 7. The topological polar surface area (TPSA) is 52.7 Å². The predicted octanol–water partition coefficient (Wildman–Crippen LogP) is 5.83.